The van der Waals surface area contributed by atoms with Gasteiger partial charge in [0, 0.05) is 19.5 Å². The number of nitrogens with one attached hydrogen (secondary N) is 1. The lowest BCUT2D eigenvalue weighted by atomic mass is 9.98. The van der Waals surface area contributed by atoms with Gasteiger partial charge in [-0.3, -0.25) is 9.36 Å². The van der Waals surface area contributed by atoms with E-state index in [9.17, 15) is 19.5 Å². The topological polar surface area (TPSA) is 129 Å². The fourth-order valence-electron chi connectivity index (χ4n) is 3.24. The lowest BCUT2D eigenvalue weighted by Crippen LogP contribution is -2.52. The number of carbonyl (C=O) groups is 2. The van der Waals surface area contributed by atoms with E-state index in [0.29, 0.717) is 0 Å². The molecule has 1 fully saturated rings. The summed E-state index contributed by atoms with van der Waals surface area (Å²) in [5.41, 5.74) is -1.61. The van der Waals surface area contributed by atoms with E-state index in [-0.39, 0.29) is 31.4 Å². The molecule has 0 radical (unpaired) electrons. The Morgan fingerprint density at radius 1 is 1.33 bits per heavy atom. The van der Waals surface area contributed by atoms with Crippen LogP contribution in [0.3, 0.4) is 0 Å². The number of amides is 1. The maximum absolute atomic E-state index is 12.5. The Balaban J connectivity index is 1.78. The van der Waals surface area contributed by atoms with Crippen molar-refractivity contribution in [2.75, 3.05) is 19.0 Å². The SMILES string of the molecule is COC(=O)C1(COCc2ccccc2)OC(n2ccc(NC(C)=O)nc2=O)CC1O. The quantitative estimate of drug-likeness (QED) is 0.627. The van der Waals surface area contributed by atoms with Gasteiger partial charge < -0.3 is 24.6 Å². The second-order valence-electron chi connectivity index (χ2n) is 6.87. The smallest absolute Gasteiger partial charge is 0.351 e. The fraction of sp³-hybridized carbons (Fsp3) is 0.400. The molecule has 30 heavy (non-hydrogen) atoms. The number of aliphatic hydroxyl groups excluding tert-OH is 1. The van der Waals surface area contributed by atoms with E-state index in [4.69, 9.17) is 14.2 Å². The summed E-state index contributed by atoms with van der Waals surface area (Å²) in [6, 6.07) is 10.7. The van der Waals surface area contributed by atoms with Crippen molar-refractivity contribution in [2.24, 2.45) is 0 Å². The number of benzene rings is 1. The Kier molecular flexibility index (Phi) is 6.60. The average Bonchev–Trinajstić information content (AvgIpc) is 3.05. The number of hydrogen-bond donors (Lipinski definition) is 2. The third-order valence-electron chi connectivity index (χ3n) is 4.71. The fourth-order valence-corrected chi connectivity index (χ4v) is 3.24. The van der Waals surface area contributed by atoms with Crippen LogP contribution in [0.2, 0.25) is 0 Å². The highest BCUT2D eigenvalue weighted by atomic mass is 16.6. The molecular weight excluding hydrogens is 394 g/mol. The Hall–Kier alpha value is -3.08. The Morgan fingerprint density at radius 2 is 2.07 bits per heavy atom. The average molecular weight is 417 g/mol. The van der Waals surface area contributed by atoms with Crippen molar-refractivity contribution in [2.45, 2.75) is 37.9 Å². The van der Waals surface area contributed by atoms with Crippen LogP contribution in [0.5, 0.6) is 0 Å². The largest absolute Gasteiger partial charge is 0.467 e. The molecule has 10 heteroatoms. The van der Waals surface area contributed by atoms with E-state index in [1.165, 1.54) is 26.3 Å². The zero-order valence-electron chi connectivity index (χ0n) is 16.6. The first-order valence-corrected chi connectivity index (χ1v) is 9.28. The predicted octanol–water partition coefficient (Wildman–Crippen LogP) is 0.610. The second-order valence-corrected chi connectivity index (χ2v) is 6.87. The highest BCUT2D eigenvalue weighted by Gasteiger charge is 2.56. The minimum Gasteiger partial charge on any atom is -0.467 e. The summed E-state index contributed by atoms with van der Waals surface area (Å²) in [6.45, 7) is 1.23. The number of esters is 1. The molecule has 0 spiro atoms. The molecule has 1 aliphatic heterocycles. The number of carbonyl (C=O) groups excluding carboxylic acids is 2. The van der Waals surface area contributed by atoms with Crippen LogP contribution in [0.1, 0.15) is 25.1 Å². The Bertz CT molecular complexity index is 962. The van der Waals surface area contributed by atoms with Crippen molar-refractivity contribution < 1.29 is 28.9 Å². The van der Waals surface area contributed by atoms with Gasteiger partial charge in [-0.05, 0) is 11.6 Å². The molecule has 2 N–H and O–H groups in total. The number of ether oxygens (including phenoxy) is 3. The van der Waals surface area contributed by atoms with Crippen LogP contribution in [0.4, 0.5) is 5.82 Å². The van der Waals surface area contributed by atoms with Gasteiger partial charge in [0.15, 0.2) is 0 Å². The van der Waals surface area contributed by atoms with Crippen molar-refractivity contribution in [3.05, 3.63) is 58.6 Å². The highest BCUT2D eigenvalue weighted by molar-refractivity contribution is 5.87. The number of nitrogens with zero attached hydrogens (tertiary/aromatic N) is 2. The first kappa shape index (κ1) is 21.6. The molecule has 3 unspecified atom stereocenters. The maximum atomic E-state index is 12.5. The van der Waals surface area contributed by atoms with E-state index >= 15 is 0 Å². The predicted molar refractivity (Wildman–Crippen MR) is 104 cm³/mol. The molecule has 0 aliphatic carbocycles. The van der Waals surface area contributed by atoms with Crippen LogP contribution < -0.4 is 11.0 Å². The Labute approximate surface area is 172 Å². The number of hydrogen-bond acceptors (Lipinski definition) is 8. The van der Waals surface area contributed by atoms with E-state index in [1.807, 2.05) is 30.3 Å². The van der Waals surface area contributed by atoms with Crippen molar-refractivity contribution in [3.63, 3.8) is 0 Å². The minimum absolute atomic E-state index is 0.0507. The summed E-state index contributed by atoms with van der Waals surface area (Å²) in [6.07, 6.45) is -0.917. The van der Waals surface area contributed by atoms with Crippen LogP contribution in [-0.2, 0) is 30.4 Å². The standard InChI is InChI=1S/C20H23N3O7/c1-13(24)21-16-8-9-23(19(27)22-16)17-10-15(25)20(30-17,18(26)28-2)12-29-11-14-6-4-3-5-7-14/h3-9,15,17,25H,10-12H2,1-2H3,(H,21,22,24,27). The first-order chi connectivity index (χ1) is 14.4. The number of rotatable bonds is 7. The number of aromatic nitrogens is 2. The zero-order chi connectivity index (χ0) is 21.7. The molecule has 2 heterocycles. The van der Waals surface area contributed by atoms with Gasteiger partial charge in [0.1, 0.15) is 18.1 Å². The van der Waals surface area contributed by atoms with Gasteiger partial charge in [0.25, 0.3) is 0 Å². The summed E-state index contributed by atoms with van der Waals surface area (Å²) in [4.78, 5) is 39.7. The Morgan fingerprint density at radius 3 is 2.70 bits per heavy atom. The first-order valence-electron chi connectivity index (χ1n) is 9.28. The molecule has 10 nitrogen and oxygen atoms in total. The van der Waals surface area contributed by atoms with Crippen molar-refractivity contribution in [1.82, 2.24) is 9.55 Å². The van der Waals surface area contributed by atoms with Gasteiger partial charge in [-0.25, -0.2) is 9.59 Å². The summed E-state index contributed by atoms with van der Waals surface area (Å²) in [5.74, 6) is -1.08. The zero-order valence-corrected chi connectivity index (χ0v) is 16.6. The normalized spacial score (nSPS) is 23.2. The van der Waals surface area contributed by atoms with Crippen LogP contribution >= 0.6 is 0 Å². The molecule has 1 amide bonds. The summed E-state index contributed by atoms with van der Waals surface area (Å²) < 4.78 is 17.4. The van der Waals surface area contributed by atoms with E-state index in [1.54, 1.807) is 0 Å². The van der Waals surface area contributed by atoms with Gasteiger partial charge >= 0.3 is 11.7 Å². The summed E-state index contributed by atoms with van der Waals surface area (Å²) in [5, 5.41) is 13.0. The molecule has 1 aromatic carbocycles. The molecule has 160 valence electrons. The highest BCUT2D eigenvalue weighted by Crippen LogP contribution is 2.37. The molecule has 1 aliphatic rings. The van der Waals surface area contributed by atoms with Gasteiger partial charge in [0.2, 0.25) is 11.5 Å². The second kappa shape index (κ2) is 9.16. The summed E-state index contributed by atoms with van der Waals surface area (Å²) in [7, 11) is 1.18. The molecule has 0 saturated carbocycles. The number of aliphatic hydroxyl groups is 1. The number of anilines is 1. The molecule has 2 aromatic rings. The third kappa shape index (κ3) is 4.56. The molecule has 3 rings (SSSR count). The minimum atomic E-state index is -1.79. The molecular formula is C20H23N3O7. The van der Waals surface area contributed by atoms with Crippen molar-refractivity contribution in [1.29, 1.82) is 0 Å². The molecule has 1 aromatic heterocycles. The van der Waals surface area contributed by atoms with Crippen molar-refractivity contribution in [3.8, 4) is 0 Å². The van der Waals surface area contributed by atoms with Gasteiger partial charge in [-0.2, -0.15) is 4.98 Å². The van der Waals surface area contributed by atoms with Crippen LogP contribution in [0.15, 0.2) is 47.4 Å². The van der Waals surface area contributed by atoms with Gasteiger partial charge in [0.05, 0.1) is 20.3 Å². The molecule has 3 atom stereocenters. The maximum Gasteiger partial charge on any atom is 0.351 e. The van der Waals surface area contributed by atoms with Gasteiger partial charge in [-0.1, -0.05) is 30.3 Å². The van der Waals surface area contributed by atoms with E-state index in [2.05, 4.69) is 10.3 Å². The lowest BCUT2D eigenvalue weighted by molar-refractivity contribution is -0.192. The monoisotopic (exact) mass is 417 g/mol. The van der Waals surface area contributed by atoms with Crippen molar-refractivity contribution >= 4 is 17.7 Å². The van der Waals surface area contributed by atoms with E-state index in [0.717, 1.165) is 10.1 Å². The lowest BCUT2D eigenvalue weighted by Gasteiger charge is -2.29. The number of methoxy groups -OCH3 is 1. The van der Waals surface area contributed by atoms with Crippen LogP contribution in [0.25, 0.3) is 0 Å². The third-order valence-corrected chi connectivity index (χ3v) is 4.71. The molecule has 0 bridgehead atoms. The molecule has 1 saturated heterocycles. The summed E-state index contributed by atoms with van der Waals surface area (Å²) >= 11 is 0. The van der Waals surface area contributed by atoms with Crippen LogP contribution in [-0.4, -0.2) is 52.0 Å². The van der Waals surface area contributed by atoms with Crippen LogP contribution in [0, 0.1) is 0 Å². The van der Waals surface area contributed by atoms with E-state index < -0.39 is 29.6 Å². The van der Waals surface area contributed by atoms with Gasteiger partial charge in [-0.15, -0.1) is 0 Å².